The molecule has 1 fully saturated rings. The minimum Gasteiger partial charge on any atom is -0.491 e. The molecule has 5 nitrogen and oxygen atoms in total. The van der Waals surface area contributed by atoms with Gasteiger partial charge in [0, 0.05) is 17.7 Å². The molecule has 2 aromatic carbocycles. The first-order valence-electron chi connectivity index (χ1n) is 9.83. The minimum absolute atomic E-state index is 0.106. The van der Waals surface area contributed by atoms with Crippen LogP contribution in [0.2, 0.25) is 0 Å². The first-order chi connectivity index (χ1) is 13.5. The van der Waals surface area contributed by atoms with E-state index in [-0.39, 0.29) is 18.2 Å². The van der Waals surface area contributed by atoms with E-state index >= 15 is 0 Å². The first-order valence-corrected chi connectivity index (χ1v) is 9.83. The van der Waals surface area contributed by atoms with E-state index in [2.05, 4.69) is 4.90 Å². The average Bonchev–Trinajstić information content (AvgIpc) is 2.73. The van der Waals surface area contributed by atoms with Gasteiger partial charge in [0.05, 0.1) is 26.2 Å². The number of aliphatic hydroxyl groups is 1. The number of rotatable bonds is 8. The van der Waals surface area contributed by atoms with E-state index < -0.39 is 6.10 Å². The van der Waals surface area contributed by atoms with Gasteiger partial charge in [0.25, 0.3) is 0 Å². The summed E-state index contributed by atoms with van der Waals surface area (Å²) in [4.78, 5) is 15.2. The molecular weight excluding hydrogens is 359 g/mol. The summed E-state index contributed by atoms with van der Waals surface area (Å²) >= 11 is 0. The van der Waals surface area contributed by atoms with Gasteiger partial charge in [-0.3, -0.25) is 4.79 Å². The van der Waals surface area contributed by atoms with Crippen molar-refractivity contribution in [2.75, 3.05) is 44.2 Å². The van der Waals surface area contributed by atoms with Crippen LogP contribution in [0.5, 0.6) is 5.75 Å². The van der Waals surface area contributed by atoms with Gasteiger partial charge in [-0.15, -0.1) is 0 Å². The van der Waals surface area contributed by atoms with Crippen molar-refractivity contribution < 1.29 is 23.9 Å². The number of ketones is 1. The molecule has 0 aromatic heterocycles. The molecule has 3 rings (SSSR count). The van der Waals surface area contributed by atoms with Crippen LogP contribution >= 0.6 is 0 Å². The summed E-state index contributed by atoms with van der Waals surface area (Å²) in [7, 11) is 0. The average molecular weight is 387 g/mol. The van der Waals surface area contributed by atoms with E-state index in [0.29, 0.717) is 24.3 Å². The van der Waals surface area contributed by atoms with Crippen molar-refractivity contribution in [2.24, 2.45) is 0 Å². The van der Waals surface area contributed by atoms with Crippen LogP contribution in [-0.4, -0.2) is 56.3 Å². The highest BCUT2D eigenvalue weighted by Gasteiger charge is 2.23. The molecule has 6 heteroatoms. The summed E-state index contributed by atoms with van der Waals surface area (Å²) in [6, 6.07) is 13.6. The molecule has 1 aliphatic heterocycles. The van der Waals surface area contributed by atoms with E-state index in [4.69, 9.17) is 4.74 Å². The first kappa shape index (κ1) is 20.3. The standard InChI is InChI=1S/C22H27FN2O3/c1-2-22(27)17-3-9-21(10-4-17)28-16-20(26)15-24-11-13-25(14-12-24)19-7-5-18(23)6-8-19/h3-10,20,26H,2,11-16H2,1H3/p+1/t20-/m0/s1. The third kappa shape index (κ3) is 5.53. The number of carbonyl (C=O) groups is 1. The quantitative estimate of drug-likeness (QED) is 0.675. The van der Waals surface area contributed by atoms with Crippen LogP contribution in [0.4, 0.5) is 10.1 Å². The Morgan fingerprint density at radius 1 is 1.14 bits per heavy atom. The zero-order chi connectivity index (χ0) is 19.9. The Balaban J connectivity index is 1.40. The number of Topliss-reactive ketones (excluding diaryl/α,β-unsaturated/α-hetero) is 1. The smallest absolute Gasteiger partial charge is 0.162 e. The molecule has 0 aliphatic carbocycles. The predicted octanol–water partition coefficient (Wildman–Crippen LogP) is 1.56. The molecule has 0 bridgehead atoms. The molecule has 2 aromatic rings. The van der Waals surface area contributed by atoms with Crippen LogP contribution in [0.3, 0.4) is 0 Å². The van der Waals surface area contributed by atoms with Crippen molar-refractivity contribution in [2.45, 2.75) is 19.4 Å². The Morgan fingerprint density at radius 2 is 1.79 bits per heavy atom. The SMILES string of the molecule is CCC(=O)c1ccc(OC[C@@H](O)C[NH+]2CCN(c3ccc(F)cc3)CC2)cc1. The fraction of sp³-hybridized carbons (Fsp3) is 0.409. The molecule has 1 atom stereocenters. The van der Waals surface area contributed by atoms with Gasteiger partial charge in [-0.25, -0.2) is 4.39 Å². The number of halogens is 1. The number of benzene rings is 2. The number of nitrogens with one attached hydrogen (secondary N) is 1. The van der Waals surface area contributed by atoms with E-state index in [9.17, 15) is 14.3 Å². The van der Waals surface area contributed by atoms with Crippen LogP contribution in [0.25, 0.3) is 0 Å². The molecule has 0 radical (unpaired) electrons. The molecular formula is C22H28FN2O3+. The van der Waals surface area contributed by atoms with Crippen molar-refractivity contribution in [3.63, 3.8) is 0 Å². The lowest BCUT2D eigenvalue weighted by atomic mass is 10.1. The summed E-state index contributed by atoms with van der Waals surface area (Å²) in [6.45, 7) is 6.29. The molecule has 1 heterocycles. The lowest BCUT2D eigenvalue weighted by Gasteiger charge is -2.34. The van der Waals surface area contributed by atoms with E-state index in [1.54, 1.807) is 24.3 Å². The Kier molecular flexibility index (Phi) is 7.01. The Morgan fingerprint density at radius 3 is 2.39 bits per heavy atom. The van der Waals surface area contributed by atoms with Crippen LogP contribution in [-0.2, 0) is 0 Å². The molecule has 0 unspecified atom stereocenters. The minimum atomic E-state index is -0.552. The van der Waals surface area contributed by atoms with Gasteiger partial charge in [-0.1, -0.05) is 6.92 Å². The normalized spacial score (nSPS) is 16.0. The van der Waals surface area contributed by atoms with E-state index in [1.807, 2.05) is 19.1 Å². The van der Waals surface area contributed by atoms with Gasteiger partial charge in [0.2, 0.25) is 0 Å². The van der Waals surface area contributed by atoms with Gasteiger partial charge < -0.3 is 19.6 Å². The number of anilines is 1. The van der Waals surface area contributed by atoms with Crippen LogP contribution in [0, 0.1) is 5.82 Å². The number of hydrogen-bond donors (Lipinski definition) is 2. The maximum atomic E-state index is 13.0. The molecule has 28 heavy (non-hydrogen) atoms. The summed E-state index contributed by atoms with van der Waals surface area (Å²) in [6.07, 6.45) is -0.0693. The van der Waals surface area contributed by atoms with Gasteiger partial charge >= 0.3 is 0 Å². The van der Waals surface area contributed by atoms with Gasteiger partial charge in [-0.05, 0) is 48.5 Å². The number of hydrogen-bond acceptors (Lipinski definition) is 4. The third-order valence-electron chi connectivity index (χ3n) is 5.13. The van der Waals surface area contributed by atoms with Crippen molar-refractivity contribution >= 4 is 11.5 Å². The maximum Gasteiger partial charge on any atom is 0.162 e. The van der Waals surface area contributed by atoms with Crippen molar-refractivity contribution in [1.29, 1.82) is 0 Å². The maximum absolute atomic E-state index is 13.0. The van der Waals surface area contributed by atoms with Gasteiger partial charge in [0.1, 0.15) is 30.8 Å². The summed E-state index contributed by atoms with van der Waals surface area (Å²) in [5.41, 5.74) is 1.72. The number of quaternary nitrogens is 1. The molecule has 1 saturated heterocycles. The molecule has 1 aliphatic rings. The molecule has 0 amide bonds. The molecule has 2 N–H and O–H groups in total. The molecule has 0 saturated carbocycles. The third-order valence-corrected chi connectivity index (χ3v) is 5.13. The van der Waals surface area contributed by atoms with Gasteiger partial charge in [-0.2, -0.15) is 0 Å². The zero-order valence-corrected chi connectivity index (χ0v) is 16.2. The van der Waals surface area contributed by atoms with Gasteiger partial charge in [0.15, 0.2) is 5.78 Å². The monoisotopic (exact) mass is 387 g/mol. The van der Waals surface area contributed by atoms with E-state index in [1.165, 1.54) is 17.0 Å². The number of carbonyl (C=O) groups excluding carboxylic acids is 1. The largest absolute Gasteiger partial charge is 0.491 e. The summed E-state index contributed by atoms with van der Waals surface area (Å²) in [5.74, 6) is 0.542. The molecule has 0 spiro atoms. The fourth-order valence-corrected chi connectivity index (χ4v) is 3.46. The van der Waals surface area contributed by atoms with Crippen molar-refractivity contribution in [3.05, 3.63) is 59.9 Å². The van der Waals surface area contributed by atoms with E-state index in [0.717, 1.165) is 31.9 Å². The lowest BCUT2D eigenvalue weighted by Crippen LogP contribution is -3.16. The number of aliphatic hydroxyl groups excluding tert-OH is 1. The predicted molar refractivity (Wildman–Crippen MR) is 107 cm³/mol. The highest BCUT2D eigenvalue weighted by Crippen LogP contribution is 2.15. The van der Waals surface area contributed by atoms with Crippen LogP contribution in [0.1, 0.15) is 23.7 Å². The second-order valence-electron chi connectivity index (χ2n) is 7.18. The number of piperazine rings is 1. The second kappa shape index (κ2) is 9.66. The highest BCUT2D eigenvalue weighted by molar-refractivity contribution is 5.95. The second-order valence-corrected chi connectivity index (χ2v) is 7.18. The summed E-state index contributed by atoms with van der Waals surface area (Å²) in [5, 5.41) is 10.3. The number of ether oxygens (including phenoxy) is 1. The van der Waals surface area contributed by atoms with Crippen LogP contribution < -0.4 is 14.5 Å². The van der Waals surface area contributed by atoms with Crippen LogP contribution in [0.15, 0.2) is 48.5 Å². The highest BCUT2D eigenvalue weighted by atomic mass is 19.1. The Hall–Kier alpha value is -2.44. The summed E-state index contributed by atoms with van der Waals surface area (Å²) < 4.78 is 18.7. The topological polar surface area (TPSA) is 54.2 Å². The molecule has 150 valence electrons. The Bertz CT molecular complexity index is 756. The fourth-order valence-electron chi connectivity index (χ4n) is 3.46. The zero-order valence-electron chi connectivity index (χ0n) is 16.2. The lowest BCUT2D eigenvalue weighted by molar-refractivity contribution is -0.903. The Labute approximate surface area is 165 Å². The number of nitrogens with zero attached hydrogens (tertiary/aromatic N) is 1. The van der Waals surface area contributed by atoms with Crippen molar-refractivity contribution in [3.8, 4) is 5.75 Å². The van der Waals surface area contributed by atoms with Crippen molar-refractivity contribution in [1.82, 2.24) is 0 Å².